The van der Waals surface area contributed by atoms with E-state index in [-0.39, 0.29) is 22.4 Å². The first-order chi connectivity index (χ1) is 15.0. The lowest BCUT2D eigenvalue weighted by molar-refractivity contribution is 0.102. The Morgan fingerprint density at radius 3 is 2.55 bits per heavy atom. The quantitative estimate of drug-likeness (QED) is 0.448. The first-order valence-electron chi connectivity index (χ1n) is 9.88. The second-order valence-electron chi connectivity index (χ2n) is 7.41. The number of benzene rings is 3. The van der Waals surface area contributed by atoms with Crippen LogP contribution in [0.3, 0.4) is 0 Å². The van der Waals surface area contributed by atoms with E-state index in [2.05, 4.69) is 15.0 Å². The molecular weight excluding hydrogens is 430 g/mol. The van der Waals surface area contributed by atoms with Gasteiger partial charge in [0, 0.05) is 17.2 Å². The number of thiazole rings is 1. The number of carbonyl (C=O) groups is 1. The predicted octanol–water partition coefficient (Wildman–Crippen LogP) is 4.66. The minimum absolute atomic E-state index is 0.00293. The molecule has 0 aliphatic heterocycles. The molecule has 0 unspecified atom stereocenters. The summed E-state index contributed by atoms with van der Waals surface area (Å²) >= 11 is 1.55. The monoisotopic (exact) mass is 449 g/mol. The number of nitrogens with zero attached hydrogens (tertiary/aromatic N) is 1. The third-order valence-electron chi connectivity index (χ3n) is 5.01. The van der Waals surface area contributed by atoms with Crippen LogP contribution in [0.4, 0.5) is 5.69 Å². The zero-order valence-corrected chi connectivity index (χ0v) is 18.0. The van der Waals surface area contributed by atoms with E-state index in [4.69, 9.17) is 0 Å². The van der Waals surface area contributed by atoms with E-state index in [9.17, 15) is 13.2 Å². The van der Waals surface area contributed by atoms with Crippen molar-refractivity contribution in [1.82, 2.24) is 9.71 Å². The fourth-order valence-corrected chi connectivity index (χ4v) is 5.61. The van der Waals surface area contributed by atoms with Gasteiger partial charge >= 0.3 is 0 Å². The first kappa shape index (κ1) is 19.9. The highest BCUT2D eigenvalue weighted by Crippen LogP contribution is 2.34. The van der Waals surface area contributed by atoms with Gasteiger partial charge in [-0.1, -0.05) is 30.3 Å². The lowest BCUT2D eigenvalue weighted by Crippen LogP contribution is -2.26. The second kappa shape index (κ2) is 7.88. The van der Waals surface area contributed by atoms with E-state index in [1.165, 1.54) is 12.1 Å². The van der Waals surface area contributed by atoms with Crippen molar-refractivity contribution in [3.05, 3.63) is 78.4 Å². The zero-order valence-electron chi connectivity index (χ0n) is 16.4. The zero-order chi connectivity index (χ0) is 21.4. The van der Waals surface area contributed by atoms with Crippen LogP contribution in [0, 0.1) is 0 Å². The van der Waals surface area contributed by atoms with Crippen molar-refractivity contribution in [2.24, 2.45) is 0 Å². The summed E-state index contributed by atoms with van der Waals surface area (Å²) in [5, 5.41) is 3.72. The standard InChI is InChI=1S/C23H19N3O3S2/c27-22(15-6-5-7-17(14-15)31(28,29)26-16-12-13-16)24-19-9-2-1-8-18(19)23-25-20-10-3-4-11-21(20)30-23/h1-11,14,16,26H,12-13H2,(H,24,27). The van der Waals surface area contributed by atoms with Gasteiger partial charge in [0.15, 0.2) is 0 Å². The first-order valence-corrected chi connectivity index (χ1v) is 12.2. The Morgan fingerprint density at radius 2 is 1.74 bits per heavy atom. The molecule has 0 bridgehead atoms. The highest BCUT2D eigenvalue weighted by molar-refractivity contribution is 7.89. The fraction of sp³-hybridized carbons (Fsp3) is 0.130. The van der Waals surface area contributed by atoms with E-state index in [0.717, 1.165) is 33.6 Å². The van der Waals surface area contributed by atoms with E-state index >= 15 is 0 Å². The van der Waals surface area contributed by atoms with Crippen molar-refractivity contribution >= 4 is 43.2 Å². The number of para-hydroxylation sites is 2. The van der Waals surface area contributed by atoms with Crippen LogP contribution in [0.2, 0.25) is 0 Å². The molecule has 156 valence electrons. The molecule has 2 N–H and O–H groups in total. The number of aromatic nitrogens is 1. The van der Waals surface area contributed by atoms with E-state index in [1.807, 2.05) is 48.5 Å². The van der Waals surface area contributed by atoms with Crippen molar-refractivity contribution in [2.75, 3.05) is 5.32 Å². The molecule has 0 spiro atoms. The van der Waals surface area contributed by atoms with Gasteiger partial charge in [-0.25, -0.2) is 18.1 Å². The van der Waals surface area contributed by atoms with Crippen molar-refractivity contribution < 1.29 is 13.2 Å². The third kappa shape index (κ3) is 4.23. The lowest BCUT2D eigenvalue weighted by atomic mass is 10.1. The number of fused-ring (bicyclic) bond motifs is 1. The third-order valence-corrected chi connectivity index (χ3v) is 7.59. The van der Waals surface area contributed by atoms with E-state index in [0.29, 0.717) is 5.69 Å². The molecule has 5 rings (SSSR count). The summed E-state index contributed by atoms with van der Waals surface area (Å²) in [6, 6.07) is 21.4. The SMILES string of the molecule is O=C(Nc1ccccc1-c1nc2ccccc2s1)c1cccc(S(=O)(=O)NC2CC2)c1. The van der Waals surface area contributed by atoms with Crippen molar-refractivity contribution in [3.63, 3.8) is 0 Å². The number of sulfonamides is 1. The Morgan fingerprint density at radius 1 is 0.968 bits per heavy atom. The van der Waals surface area contributed by atoms with Gasteiger partial charge in [0.2, 0.25) is 10.0 Å². The van der Waals surface area contributed by atoms with Gasteiger partial charge in [-0.15, -0.1) is 11.3 Å². The average molecular weight is 450 g/mol. The Balaban J connectivity index is 1.43. The summed E-state index contributed by atoms with van der Waals surface area (Å²) in [7, 11) is -3.63. The molecule has 1 saturated carbocycles. The molecule has 1 aliphatic carbocycles. The van der Waals surface area contributed by atoms with Gasteiger partial charge < -0.3 is 5.32 Å². The van der Waals surface area contributed by atoms with Crippen molar-refractivity contribution in [1.29, 1.82) is 0 Å². The van der Waals surface area contributed by atoms with Gasteiger partial charge in [0.05, 0.1) is 20.8 Å². The van der Waals surface area contributed by atoms with Gasteiger partial charge in [-0.2, -0.15) is 0 Å². The molecule has 1 fully saturated rings. The number of nitrogens with one attached hydrogen (secondary N) is 2. The molecule has 0 saturated heterocycles. The largest absolute Gasteiger partial charge is 0.321 e. The molecule has 0 radical (unpaired) electrons. The highest BCUT2D eigenvalue weighted by atomic mass is 32.2. The topological polar surface area (TPSA) is 88.2 Å². The van der Waals surface area contributed by atoms with Gasteiger partial charge in [0.1, 0.15) is 5.01 Å². The van der Waals surface area contributed by atoms with Gasteiger partial charge in [-0.3, -0.25) is 4.79 Å². The molecule has 3 aromatic carbocycles. The maximum atomic E-state index is 12.9. The average Bonchev–Trinajstić information content (AvgIpc) is 3.47. The maximum absolute atomic E-state index is 12.9. The van der Waals surface area contributed by atoms with Crippen LogP contribution in [-0.2, 0) is 10.0 Å². The molecule has 1 amide bonds. The van der Waals surface area contributed by atoms with Crippen LogP contribution in [0.25, 0.3) is 20.8 Å². The van der Waals surface area contributed by atoms with Gasteiger partial charge in [-0.05, 0) is 55.3 Å². The molecule has 4 aromatic rings. The Labute approximate surface area is 184 Å². The highest BCUT2D eigenvalue weighted by Gasteiger charge is 2.28. The van der Waals surface area contributed by atoms with E-state index in [1.54, 1.807) is 23.5 Å². The smallest absolute Gasteiger partial charge is 0.255 e. The number of rotatable bonds is 6. The summed E-state index contributed by atoms with van der Waals surface area (Å²) in [5.41, 5.74) is 2.62. The number of amides is 1. The van der Waals surface area contributed by atoms with Crippen molar-refractivity contribution in [3.8, 4) is 10.6 Å². The Hall–Kier alpha value is -3.07. The predicted molar refractivity (Wildman–Crippen MR) is 123 cm³/mol. The van der Waals surface area contributed by atoms with Crippen LogP contribution in [0.15, 0.2) is 77.7 Å². The maximum Gasteiger partial charge on any atom is 0.255 e. The minimum atomic E-state index is -3.63. The number of hydrogen-bond acceptors (Lipinski definition) is 5. The molecule has 6 nitrogen and oxygen atoms in total. The summed E-state index contributed by atoms with van der Waals surface area (Å²) in [4.78, 5) is 17.7. The molecule has 0 atom stereocenters. The molecule has 1 heterocycles. The summed E-state index contributed by atoms with van der Waals surface area (Å²) in [5.74, 6) is -0.378. The summed E-state index contributed by atoms with van der Waals surface area (Å²) < 4.78 is 28.7. The number of anilines is 1. The van der Waals surface area contributed by atoms with Crippen LogP contribution < -0.4 is 10.0 Å². The lowest BCUT2D eigenvalue weighted by Gasteiger charge is -2.11. The Bertz CT molecular complexity index is 1360. The minimum Gasteiger partial charge on any atom is -0.321 e. The molecule has 31 heavy (non-hydrogen) atoms. The van der Waals surface area contributed by atoms with E-state index < -0.39 is 10.0 Å². The number of hydrogen-bond donors (Lipinski definition) is 2. The second-order valence-corrected chi connectivity index (χ2v) is 10.2. The van der Waals surface area contributed by atoms with Crippen LogP contribution >= 0.6 is 11.3 Å². The normalized spacial score (nSPS) is 13.9. The molecular formula is C23H19N3O3S2. The molecule has 8 heteroatoms. The molecule has 1 aromatic heterocycles. The van der Waals surface area contributed by atoms with Crippen LogP contribution in [-0.4, -0.2) is 25.4 Å². The van der Waals surface area contributed by atoms with Crippen LogP contribution in [0.5, 0.6) is 0 Å². The Kier molecular flexibility index (Phi) is 5.05. The summed E-state index contributed by atoms with van der Waals surface area (Å²) in [6.07, 6.45) is 1.70. The van der Waals surface area contributed by atoms with Gasteiger partial charge in [0.25, 0.3) is 5.91 Å². The van der Waals surface area contributed by atoms with Crippen LogP contribution in [0.1, 0.15) is 23.2 Å². The summed E-state index contributed by atoms with van der Waals surface area (Å²) in [6.45, 7) is 0. The number of carbonyl (C=O) groups excluding carboxylic acids is 1. The van der Waals surface area contributed by atoms with Crippen molar-refractivity contribution in [2.45, 2.75) is 23.8 Å². The molecule has 1 aliphatic rings. The fourth-order valence-electron chi connectivity index (χ4n) is 3.25.